The summed E-state index contributed by atoms with van der Waals surface area (Å²) >= 11 is 0. The molecule has 0 aromatic rings. The zero-order chi connectivity index (χ0) is 21.7. The van der Waals surface area contributed by atoms with E-state index < -0.39 is 5.60 Å². The van der Waals surface area contributed by atoms with Crippen molar-refractivity contribution in [1.82, 2.24) is 0 Å². The molecule has 2 nitrogen and oxygen atoms in total. The molecule has 3 unspecified atom stereocenters. The molecule has 174 valence electrons. The molecule has 4 fully saturated rings. The van der Waals surface area contributed by atoms with Crippen LogP contribution in [0, 0.1) is 52.3 Å². The van der Waals surface area contributed by atoms with Crippen LogP contribution in [0.3, 0.4) is 0 Å². The molecule has 2 N–H and O–H groups in total. The normalized spacial score (nSPS) is 50.3. The van der Waals surface area contributed by atoms with Crippen LogP contribution < -0.4 is 0 Å². The first-order valence-corrected chi connectivity index (χ1v) is 13.5. The minimum Gasteiger partial charge on any atom is -0.396 e. The standard InChI is InChI=1S/C28H50O2/c1-19(18-29)9-8-10-20(2)22-12-13-23-25-24(14-16-27(22,23)4)26(3)15-7-6-11-21(26)17-28(25,5)30/h19-25,29-30H,6-18H2,1-5H3/t19?,20-,21?,22-,23+,24+,25+,26+,27-,28?/m1/s1. The van der Waals surface area contributed by atoms with Crippen molar-refractivity contribution >= 4 is 0 Å². The van der Waals surface area contributed by atoms with Gasteiger partial charge in [0.05, 0.1) is 5.60 Å². The van der Waals surface area contributed by atoms with Crippen LogP contribution in [0.1, 0.15) is 112 Å². The Morgan fingerprint density at radius 3 is 2.33 bits per heavy atom. The van der Waals surface area contributed by atoms with E-state index in [4.69, 9.17) is 0 Å². The maximum absolute atomic E-state index is 11.8. The molecule has 2 heteroatoms. The zero-order valence-corrected chi connectivity index (χ0v) is 20.6. The molecule has 0 aromatic heterocycles. The quantitative estimate of drug-likeness (QED) is 0.496. The predicted octanol–water partition coefficient (Wildman–Crippen LogP) is 6.83. The second kappa shape index (κ2) is 8.36. The minimum absolute atomic E-state index is 0.329. The van der Waals surface area contributed by atoms with Crippen LogP contribution >= 0.6 is 0 Å². The summed E-state index contributed by atoms with van der Waals surface area (Å²) in [4.78, 5) is 0. The smallest absolute Gasteiger partial charge is 0.0656 e. The summed E-state index contributed by atoms with van der Waals surface area (Å²) < 4.78 is 0. The molecule has 0 heterocycles. The first-order valence-electron chi connectivity index (χ1n) is 13.5. The molecule has 4 aliphatic carbocycles. The second-order valence-electron chi connectivity index (χ2n) is 13.2. The molecule has 0 amide bonds. The summed E-state index contributed by atoms with van der Waals surface area (Å²) in [7, 11) is 0. The van der Waals surface area contributed by atoms with E-state index in [9.17, 15) is 10.2 Å². The molecule has 0 radical (unpaired) electrons. The number of fused-ring (bicyclic) bond motifs is 5. The summed E-state index contributed by atoms with van der Waals surface area (Å²) in [5.41, 5.74) is 0.439. The maximum Gasteiger partial charge on any atom is 0.0656 e. The van der Waals surface area contributed by atoms with Crippen molar-refractivity contribution in [2.75, 3.05) is 6.61 Å². The highest BCUT2D eigenvalue weighted by Gasteiger charge is 2.65. The van der Waals surface area contributed by atoms with Crippen molar-refractivity contribution in [3.05, 3.63) is 0 Å². The Bertz CT molecular complexity index is 599. The largest absolute Gasteiger partial charge is 0.396 e. The topological polar surface area (TPSA) is 40.5 Å². The molecule has 10 atom stereocenters. The molecule has 0 aromatic carbocycles. The number of aliphatic hydroxyl groups is 2. The molecular formula is C28H50O2. The molecule has 0 bridgehead atoms. The van der Waals surface area contributed by atoms with Crippen molar-refractivity contribution < 1.29 is 10.2 Å². The van der Waals surface area contributed by atoms with Crippen molar-refractivity contribution in [3.8, 4) is 0 Å². The van der Waals surface area contributed by atoms with Gasteiger partial charge in [0.2, 0.25) is 0 Å². The van der Waals surface area contributed by atoms with Crippen molar-refractivity contribution in [2.24, 2.45) is 52.3 Å². The van der Waals surface area contributed by atoms with Gasteiger partial charge in [-0.15, -0.1) is 0 Å². The highest BCUT2D eigenvalue weighted by Crippen LogP contribution is 2.70. The fourth-order valence-electron chi connectivity index (χ4n) is 9.69. The van der Waals surface area contributed by atoms with E-state index in [0.29, 0.717) is 29.3 Å². The number of rotatable bonds is 6. The molecule has 30 heavy (non-hydrogen) atoms. The highest BCUT2D eigenvalue weighted by molar-refractivity contribution is 5.14. The summed E-state index contributed by atoms with van der Waals surface area (Å²) in [6, 6.07) is 0. The zero-order valence-electron chi connectivity index (χ0n) is 20.6. The molecule has 0 spiro atoms. The van der Waals surface area contributed by atoms with Gasteiger partial charge in [-0.2, -0.15) is 0 Å². The summed E-state index contributed by atoms with van der Waals surface area (Å²) in [6.45, 7) is 12.5. The van der Waals surface area contributed by atoms with E-state index in [1.54, 1.807) is 0 Å². The van der Waals surface area contributed by atoms with Gasteiger partial charge < -0.3 is 10.2 Å². The van der Waals surface area contributed by atoms with E-state index in [1.165, 1.54) is 64.2 Å². The van der Waals surface area contributed by atoms with Gasteiger partial charge in [-0.1, -0.05) is 53.4 Å². The van der Waals surface area contributed by atoms with E-state index in [1.807, 2.05) is 0 Å². The van der Waals surface area contributed by atoms with Crippen LogP contribution in [-0.2, 0) is 0 Å². The fraction of sp³-hybridized carbons (Fsp3) is 1.00. The van der Waals surface area contributed by atoms with Gasteiger partial charge in [-0.05, 0) is 111 Å². The number of hydrogen-bond donors (Lipinski definition) is 2. The predicted molar refractivity (Wildman–Crippen MR) is 125 cm³/mol. The van der Waals surface area contributed by atoms with Gasteiger partial charge in [0.25, 0.3) is 0 Å². The molecule has 4 rings (SSSR count). The van der Waals surface area contributed by atoms with Gasteiger partial charge in [-0.3, -0.25) is 0 Å². The van der Waals surface area contributed by atoms with E-state index in [-0.39, 0.29) is 0 Å². The average Bonchev–Trinajstić information content (AvgIpc) is 3.05. The summed E-state index contributed by atoms with van der Waals surface area (Å²) in [5, 5.41) is 21.2. The van der Waals surface area contributed by atoms with Gasteiger partial charge in [-0.25, -0.2) is 0 Å². The Labute approximate surface area is 186 Å². The lowest BCUT2D eigenvalue weighted by Gasteiger charge is -2.65. The van der Waals surface area contributed by atoms with Crippen LogP contribution in [0.25, 0.3) is 0 Å². The van der Waals surface area contributed by atoms with Crippen LogP contribution in [0.15, 0.2) is 0 Å². The van der Waals surface area contributed by atoms with Crippen molar-refractivity contribution in [1.29, 1.82) is 0 Å². The van der Waals surface area contributed by atoms with Crippen LogP contribution in [0.4, 0.5) is 0 Å². The lowest BCUT2D eigenvalue weighted by atomic mass is 9.41. The molecule has 4 saturated carbocycles. The fourth-order valence-corrected chi connectivity index (χ4v) is 9.69. The molecule has 4 aliphatic rings. The SMILES string of the molecule is CC(CO)CCC[C@@H](C)[C@H]1CC[C@H]2[C@H]3[C@H](CC[C@]12C)[C@@]1(C)CCCCC1CC3(C)O. The van der Waals surface area contributed by atoms with Crippen molar-refractivity contribution in [2.45, 2.75) is 117 Å². The van der Waals surface area contributed by atoms with Gasteiger partial charge in [0, 0.05) is 6.61 Å². The van der Waals surface area contributed by atoms with Gasteiger partial charge in [0.15, 0.2) is 0 Å². The van der Waals surface area contributed by atoms with Crippen LogP contribution in [0.5, 0.6) is 0 Å². The number of hydrogen-bond acceptors (Lipinski definition) is 2. The molecular weight excluding hydrogens is 368 g/mol. The Hall–Kier alpha value is -0.0800. The third-order valence-corrected chi connectivity index (χ3v) is 11.4. The van der Waals surface area contributed by atoms with Gasteiger partial charge >= 0.3 is 0 Å². The third kappa shape index (κ3) is 3.70. The Morgan fingerprint density at radius 1 is 0.867 bits per heavy atom. The maximum atomic E-state index is 11.8. The summed E-state index contributed by atoms with van der Waals surface area (Å²) in [6.07, 6.45) is 15.8. The lowest BCUT2D eigenvalue weighted by molar-refractivity contribution is -0.206. The van der Waals surface area contributed by atoms with E-state index in [2.05, 4.69) is 34.6 Å². The monoisotopic (exact) mass is 418 g/mol. The first-order chi connectivity index (χ1) is 14.1. The summed E-state index contributed by atoms with van der Waals surface area (Å²) in [5.74, 6) is 4.76. The average molecular weight is 419 g/mol. The Morgan fingerprint density at radius 2 is 1.60 bits per heavy atom. The van der Waals surface area contributed by atoms with E-state index >= 15 is 0 Å². The van der Waals surface area contributed by atoms with Crippen LogP contribution in [-0.4, -0.2) is 22.4 Å². The molecule has 0 saturated heterocycles. The highest BCUT2D eigenvalue weighted by atomic mass is 16.3. The first kappa shape index (κ1) is 23.1. The third-order valence-electron chi connectivity index (χ3n) is 11.4. The number of aliphatic hydroxyl groups excluding tert-OH is 1. The Balaban J connectivity index is 1.52. The lowest BCUT2D eigenvalue weighted by Crippen LogP contribution is -2.62. The van der Waals surface area contributed by atoms with E-state index in [0.717, 1.165) is 42.4 Å². The van der Waals surface area contributed by atoms with Gasteiger partial charge in [0.1, 0.15) is 0 Å². The molecule has 0 aliphatic heterocycles. The Kier molecular flexibility index (Phi) is 6.44. The second-order valence-corrected chi connectivity index (χ2v) is 13.2. The van der Waals surface area contributed by atoms with Crippen molar-refractivity contribution in [3.63, 3.8) is 0 Å². The minimum atomic E-state index is -0.465. The van der Waals surface area contributed by atoms with Crippen LogP contribution in [0.2, 0.25) is 0 Å².